The molecule has 0 N–H and O–H groups in total. The summed E-state index contributed by atoms with van der Waals surface area (Å²) in [4.78, 5) is 11.1. The number of fused-ring (bicyclic) bond motifs is 1. The van der Waals surface area contributed by atoms with Crippen LogP contribution in [0.25, 0.3) is 0 Å². The predicted molar refractivity (Wildman–Crippen MR) is 136 cm³/mol. The molecule has 6 saturated carbocycles. The lowest BCUT2D eigenvalue weighted by atomic mass is 9.49. The Kier molecular flexibility index (Phi) is 5.70. The SMILES string of the molecule is C1CCC(C[C@@H]2CN3C(=NC[C@H]3C3CCCCC3)N2CCC23CC4CC(CC(C4)C2)C3)CC1. The fourth-order valence-corrected chi connectivity index (χ4v) is 10.6. The molecule has 0 spiro atoms. The lowest BCUT2D eigenvalue weighted by Gasteiger charge is -2.57. The fourth-order valence-electron chi connectivity index (χ4n) is 10.6. The number of rotatable bonds is 6. The summed E-state index contributed by atoms with van der Waals surface area (Å²) >= 11 is 0. The predicted octanol–water partition coefficient (Wildman–Crippen LogP) is 6.87. The molecule has 33 heavy (non-hydrogen) atoms. The van der Waals surface area contributed by atoms with Gasteiger partial charge in [0.2, 0.25) is 0 Å². The minimum atomic E-state index is 0.708. The van der Waals surface area contributed by atoms with E-state index >= 15 is 0 Å². The highest BCUT2D eigenvalue weighted by molar-refractivity contribution is 5.84. The molecule has 0 aromatic carbocycles. The van der Waals surface area contributed by atoms with Gasteiger partial charge in [0.25, 0.3) is 0 Å². The van der Waals surface area contributed by atoms with Crippen LogP contribution in [0.5, 0.6) is 0 Å². The molecule has 3 nitrogen and oxygen atoms in total. The first-order chi connectivity index (χ1) is 16.2. The molecule has 0 aromatic rings. The Bertz CT molecular complexity index is 696. The molecule has 0 aromatic heterocycles. The van der Waals surface area contributed by atoms with Crippen molar-refractivity contribution in [3.05, 3.63) is 0 Å². The minimum Gasteiger partial charge on any atom is -0.338 e. The van der Waals surface area contributed by atoms with Crippen molar-refractivity contribution in [3.63, 3.8) is 0 Å². The summed E-state index contributed by atoms with van der Waals surface area (Å²) < 4.78 is 0. The molecule has 0 unspecified atom stereocenters. The molecule has 0 radical (unpaired) electrons. The van der Waals surface area contributed by atoms with Crippen molar-refractivity contribution in [3.8, 4) is 0 Å². The van der Waals surface area contributed by atoms with E-state index in [1.807, 2.05) is 0 Å². The zero-order chi connectivity index (χ0) is 21.8. The first-order valence-electron chi connectivity index (χ1n) is 15.3. The topological polar surface area (TPSA) is 18.8 Å². The minimum absolute atomic E-state index is 0.708. The van der Waals surface area contributed by atoms with Gasteiger partial charge in [-0.3, -0.25) is 4.99 Å². The second kappa shape index (κ2) is 8.74. The van der Waals surface area contributed by atoms with E-state index in [4.69, 9.17) is 4.99 Å². The first-order valence-corrected chi connectivity index (χ1v) is 15.3. The van der Waals surface area contributed by atoms with Crippen LogP contribution in [0.4, 0.5) is 0 Å². The third-order valence-corrected chi connectivity index (χ3v) is 11.8. The Morgan fingerprint density at radius 3 is 2.09 bits per heavy atom. The van der Waals surface area contributed by atoms with Gasteiger partial charge in [-0.15, -0.1) is 0 Å². The van der Waals surface area contributed by atoms with Crippen LogP contribution in [0.15, 0.2) is 4.99 Å². The van der Waals surface area contributed by atoms with Crippen molar-refractivity contribution in [2.45, 2.75) is 128 Å². The Labute approximate surface area is 203 Å². The molecule has 3 heteroatoms. The van der Waals surface area contributed by atoms with E-state index in [-0.39, 0.29) is 0 Å². The molecule has 6 aliphatic carbocycles. The monoisotopic (exact) mass is 451 g/mol. The summed E-state index contributed by atoms with van der Waals surface area (Å²) in [6.07, 6.45) is 27.2. The third-order valence-electron chi connectivity index (χ3n) is 11.8. The van der Waals surface area contributed by atoms with Crippen LogP contribution in [-0.2, 0) is 0 Å². The second-order valence-electron chi connectivity index (χ2n) is 14.0. The quantitative estimate of drug-likeness (QED) is 0.439. The van der Waals surface area contributed by atoms with Crippen LogP contribution in [0.3, 0.4) is 0 Å². The van der Waals surface area contributed by atoms with Crippen LogP contribution in [-0.4, -0.2) is 47.5 Å². The van der Waals surface area contributed by atoms with Crippen LogP contribution < -0.4 is 0 Å². The Morgan fingerprint density at radius 1 is 0.788 bits per heavy atom. The molecule has 8 aliphatic rings. The van der Waals surface area contributed by atoms with Crippen LogP contribution in [0.2, 0.25) is 0 Å². The first kappa shape index (κ1) is 21.5. The van der Waals surface area contributed by atoms with Gasteiger partial charge in [-0.2, -0.15) is 0 Å². The fraction of sp³-hybridized carbons (Fsp3) is 0.967. The summed E-state index contributed by atoms with van der Waals surface area (Å²) in [7, 11) is 0. The van der Waals surface area contributed by atoms with E-state index in [1.165, 1.54) is 96.1 Å². The van der Waals surface area contributed by atoms with E-state index in [0.29, 0.717) is 5.41 Å². The maximum Gasteiger partial charge on any atom is 0.197 e. The highest BCUT2D eigenvalue weighted by atomic mass is 15.5. The van der Waals surface area contributed by atoms with Gasteiger partial charge >= 0.3 is 0 Å². The van der Waals surface area contributed by atoms with Crippen LogP contribution >= 0.6 is 0 Å². The lowest BCUT2D eigenvalue weighted by Crippen LogP contribution is -2.48. The molecule has 2 atom stereocenters. The second-order valence-corrected chi connectivity index (χ2v) is 14.0. The highest BCUT2D eigenvalue weighted by Gasteiger charge is 2.52. The molecule has 184 valence electrons. The van der Waals surface area contributed by atoms with Gasteiger partial charge in [-0.05, 0) is 99.2 Å². The van der Waals surface area contributed by atoms with E-state index < -0.39 is 0 Å². The maximum atomic E-state index is 5.31. The van der Waals surface area contributed by atoms with Gasteiger partial charge in [0.05, 0.1) is 12.6 Å². The number of hydrogen-bond donors (Lipinski definition) is 0. The van der Waals surface area contributed by atoms with Crippen molar-refractivity contribution in [2.75, 3.05) is 19.6 Å². The van der Waals surface area contributed by atoms with Gasteiger partial charge < -0.3 is 9.80 Å². The van der Waals surface area contributed by atoms with Gasteiger partial charge in [0, 0.05) is 19.1 Å². The van der Waals surface area contributed by atoms with E-state index in [1.54, 1.807) is 38.5 Å². The molecule has 1 saturated heterocycles. The number of nitrogens with zero attached hydrogens (tertiary/aromatic N) is 3. The van der Waals surface area contributed by atoms with Crippen molar-refractivity contribution >= 4 is 5.96 Å². The summed E-state index contributed by atoms with van der Waals surface area (Å²) in [6, 6.07) is 1.49. The zero-order valence-electron chi connectivity index (χ0n) is 21.2. The zero-order valence-corrected chi connectivity index (χ0v) is 21.2. The summed E-state index contributed by atoms with van der Waals surface area (Å²) in [5.74, 6) is 6.62. The molecule has 8 rings (SSSR count). The number of guanidine groups is 1. The van der Waals surface area contributed by atoms with Gasteiger partial charge in [-0.1, -0.05) is 51.4 Å². The Hall–Kier alpha value is -0.730. The molecule has 4 bridgehead atoms. The Balaban J connectivity index is 1.07. The highest BCUT2D eigenvalue weighted by Crippen LogP contribution is 2.61. The van der Waals surface area contributed by atoms with Crippen molar-refractivity contribution < 1.29 is 0 Å². The molecule has 7 fully saturated rings. The Morgan fingerprint density at radius 2 is 1.42 bits per heavy atom. The van der Waals surface area contributed by atoms with E-state index in [9.17, 15) is 0 Å². The molecular weight excluding hydrogens is 402 g/mol. The molecule has 2 aliphatic heterocycles. The van der Waals surface area contributed by atoms with Crippen molar-refractivity contribution in [1.82, 2.24) is 9.80 Å². The van der Waals surface area contributed by atoms with Crippen LogP contribution in [0, 0.1) is 35.0 Å². The van der Waals surface area contributed by atoms with Gasteiger partial charge in [0.15, 0.2) is 5.96 Å². The molecule has 0 amide bonds. The average molecular weight is 452 g/mol. The summed E-state index contributed by atoms with van der Waals surface area (Å²) in [5, 5.41) is 0. The van der Waals surface area contributed by atoms with Gasteiger partial charge in [-0.25, -0.2) is 0 Å². The van der Waals surface area contributed by atoms with E-state index in [0.717, 1.165) is 48.2 Å². The van der Waals surface area contributed by atoms with Crippen molar-refractivity contribution in [2.24, 2.45) is 40.0 Å². The summed E-state index contributed by atoms with van der Waals surface area (Å²) in [6.45, 7) is 3.72. The number of aliphatic imine (C=N–C) groups is 1. The maximum absolute atomic E-state index is 5.31. The molecule has 2 heterocycles. The summed E-state index contributed by atoms with van der Waals surface area (Å²) in [5.41, 5.74) is 0.708. The van der Waals surface area contributed by atoms with Crippen molar-refractivity contribution in [1.29, 1.82) is 0 Å². The standard InChI is InChI=1S/C30H49N3/c1-3-7-22(8-4-1)16-27-21-33-28(26-9-5-2-6-10-26)20-31-29(33)32(27)12-11-30-17-23-13-24(18-30)15-25(14-23)19-30/h22-28H,1-21H2/t23?,24?,25?,27-,28+,30?/m1/s1. The smallest absolute Gasteiger partial charge is 0.197 e. The largest absolute Gasteiger partial charge is 0.338 e. The van der Waals surface area contributed by atoms with Gasteiger partial charge in [0.1, 0.15) is 0 Å². The van der Waals surface area contributed by atoms with Crippen LogP contribution in [0.1, 0.15) is 116 Å². The third kappa shape index (κ3) is 4.06. The normalized spacial score (nSPS) is 43.4. The average Bonchev–Trinajstić information content (AvgIpc) is 3.37. The lowest BCUT2D eigenvalue weighted by molar-refractivity contribution is -0.0597. The van der Waals surface area contributed by atoms with E-state index in [2.05, 4.69) is 9.80 Å². The number of hydrogen-bond acceptors (Lipinski definition) is 3. The molecular formula is C30H49N3.